The zero-order valence-electron chi connectivity index (χ0n) is 17.3. The molecule has 2 aromatic rings. The van der Waals surface area contributed by atoms with E-state index in [0.717, 1.165) is 30.0 Å². The van der Waals surface area contributed by atoms with E-state index in [-0.39, 0.29) is 30.0 Å². The molecular formula is C22H24N2O7. The molecule has 9 nitrogen and oxygen atoms in total. The van der Waals surface area contributed by atoms with E-state index in [1.165, 1.54) is 21.9 Å². The zero-order chi connectivity index (χ0) is 22.7. The average molecular weight is 428 g/mol. The minimum absolute atomic E-state index is 0.0615. The van der Waals surface area contributed by atoms with E-state index < -0.39 is 29.5 Å². The molecule has 0 unspecified atom stereocenters. The number of fused-ring (bicyclic) bond motifs is 1. The number of benzene rings is 2. The van der Waals surface area contributed by atoms with Crippen LogP contribution in [0.3, 0.4) is 0 Å². The predicted octanol–water partition coefficient (Wildman–Crippen LogP) is 3.18. The molecule has 0 aliphatic carbocycles. The Balaban J connectivity index is 1.83. The standard InChI is InChI=1S/C22H24N2O7/c1-3-4-7-23(2)20(27)16-9-17(19(26)10-18(16)25)21(28)24-11-13-5-6-15(31-22(29)30)8-14(13)12-24/h5-6,8-10,25-26H,3-4,7,11-12H2,1-2H3,(H,29,30). The first-order chi connectivity index (χ1) is 14.7. The van der Waals surface area contributed by atoms with Gasteiger partial charge >= 0.3 is 6.16 Å². The van der Waals surface area contributed by atoms with E-state index in [4.69, 9.17) is 5.11 Å². The highest BCUT2D eigenvalue weighted by molar-refractivity contribution is 6.03. The molecule has 0 saturated carbocycles. The van der Waals surface area contributed by atoms with Crippen molar-refractivity contribution in [1.82, 2.24) is 9.80 Å². The number of hydrogen-bond donors (Lipinski definition) is 3. The molecule has 2 amide bonds. The molecule has 0 fully saturated rings. The van der Waals surface area contributed by atoms with Gasteiger partial charge in [-0.05, 0) is 35.7 Å². The molecule has 0 bridgehead atoms. The number of ether oxygens (including phenoxy) is 1. The van der Waals surface area contributed by atoms with E-state index in [2.05, 4.69) is 4.74 Å². The fourth-order valence-electron chi connectivity index (χ4n) is 3.47. The third-order valence-corrected chi connectivity index (χ3v) is 5.16. The fraction of sp³-hybridized carbons (Fsp3) is 0.318. The van der Waals surface area contributed by atoms with Crippen LogP contribution in [0, 0.1) is 0 Å². The molecule has 31 heavy (non-hydrogen) atoms. The average Bonchev–Trinajstić information content (AvgIpc) is 3.14. The van der Waals surface area contributed by atoms with Gasteiger partial charge in [0.2, 0.25) is 0 Å². The van der Waals surface area contributed by atoms with E-state index in [9.17, 15) is 24.6 Å². The number of carboxylic acid groups (broad SMARTS) is 1. The van der Waals surface area contributed by atoms with E-state index in [0.29, 0.717) is 6.54 Å². The number of hydrogen-bond acceptors (Lipinski definition) is 6. The van der Waals surface area contributed by atoms with Crippen LogP contribution in [0.4, 0.5) is 4.79 Å². The van der Waals surface area contributed by atoms with Gasteiger partial charge in [-0.25, -0.2) is 4.79 Å². The van der Waals surface area contributed by atoms with Crippen molar-refractivity contribution in [3.63, 3.8) is 0 Å². The van der Waals surface area contributed by atoms with Gasteiger partial charge in [-0.15, -0.1) is 0 Å². The van der Waals surface area contributed by atoms with Crippen molar-refractivity contribution in [2.24, 2.45) is 0 Å². The van der Waals surface area contributed by atoms with Gasteiger partial charge in [0, 0.05) is 32.7 Å². The molecular weight excluding hydrogens is 404 g/mol. The first kappa shape index (κ1) is 21.9. The Bertz CT molecular complexity index is 1030. The number of carbonyl (C=O) groups excluding carboxylic acids is 2. The Hall–Kier alpha value is -3.75. The molecule has 0 saturated heterocycles. The van der Waals surface area contributed by atoms with Gasteiger partial charge in [0.05, 0.1) is 11.1 Å². The summed E-state index contributed by atoms with van der Waals surface area (Å²) in [5.74, 6) is -1.64. The van der Waals surface area contributed by atoms with Crippen LogP contribution in [0.15, 0.2) is 30.3 Å². The Morgan fingerprint density at radius 3 is 2.39 bits per heavy atom. The van der Waals surface area contributed by atoms with Crippen molar-refractivity contribution in [3.8, 4) is 17.2 Å². The largest absolute Gasteiger partial charge is 0.511 e. The lowest BCUT2D eigenvalue weighted by Gasteiger charge is -2.20. The van der Waals surface area contributed by atoms with E-state index in [1.54, 1.807) is 19.2 Å². The predicted molar refractivity (Wildman–Crippen MR) is 110 cm³/mol. The molecule has 1 heterocycles. The molecule has 0 aromatic heterocycles. The smallest absolute Gasteiger partial charge is 0.507 e. The normalized spacial score (nSPS) is 12.4. The first-order valence-electron chi connectivity index (χ1n) is 9.84. The number of unbranched alkanes of at least 4 members (excludes halogenated alkanes) is 1. The molecule has 3 rings (SSSR count). The Kier molecular flexibility index (Phi) is 6.33. The van der Waals surface area contributed by atoms with Gasteiger partial charge in [-0.3, -0.25) is 9.59 Å². The van der Waals surface area contributed by atoms with Crippen molar-refractivity contribution in [2.75, 3.05) is 13.6 Å². The summed E-state index contributed by atoms with van der Waals surface area (Å²) < 4.78 is 4.65. The lowest BCUT2D eigenvalue weighted by Crippen LogP contribution is -2.29. The van der Waals surface area contributed by atoms with Crippen LogP contribution in [0.25, 0.3) is 0 Å². The number of amides is 2. The van der Waals surface area contributed by atoms with Crippen LogP contribution >= 0.6 is 0 Å². The van der Waals surface area contributed by atoms with Crippen LogP contribution in [-0.4, -0.2) is 56.7 Å². The second-order valence-corrected chi connectivity index (χ2v) is 7.43. The second-order valence-electron chi connectivity index (χ2n) is 7.43. The molecule has 3 N–H and O–H groups in total. The van der Waals surface area contributed by atoms with Gasteiger partial charge in [-0.1, -0.05) is 19.4 Å². The molecule has 2 aromatic carbocycles. The van der Waals surface area contributed by atoms with E-state index in [1.807, 2.05) is 6.92 Å². The lowest BCUT2D eigenvalue weighted by molar-refractivity contribution is 0.0748. The highest BCUT2D eigenvalue weighted by Crippen LogP contribution is 2.33. The van der Waals surface area contributed by atoms with E-state index >= 15 is 0 Å². The minimum atomic E-state index is -1.43. The van der Waals surface area contributed by atoms with Gasteiger partial charge < -0.3 is 29.9 Å². The van der Waals surface area contributed by atoms with Crippen molar-refractivity contribution >= 4 is 18.0 Å². The molecule has 0 atom stereocenters. The number of aromatic hydroxyl groups is 2. The van der Waals surface area contributed by atoms with Crippen molar-refractivity contribution in [1.29, 1.82) is 0 Å². The number of nitrogens with zero attached hydrogens (tertiary/aromatic N) is 2. The van der Waals surface area contributed by atoms with Crippen LogP contribution in [0.2, 0.25) is 0 Å². The van der Waals surface area contributed by atoms with Gasteiger partial charge in [0.15, 0.2) is 0 Å². The minimum Gasteiger partial charge on any atom is -0.507 e. The maximum Gasteiger partial charge on any atom is 0.511 e. The number of carbonyl (C=O) groups is 3. The Morgan fingerprint density at radius 1 is 1.03 bits per heavy atom. The second kappa shape index (κ2) is 8.95. The van der Waals surface area contributed by atoms with Gasteiger partial charge in [0.25, 0.3) is 11.8 Å². The topological polar surface area (TPSA) is 128 Å². The van der Waals surface area contributed by atoms with Crippen LogP contribution in [0.1, 0.15) is 51.6 Å². The van der Waals surface area contributed by atoms with Crippen LogP contribution in [-0.2, 0) is 13.1 Å². The Labute approximate surface area is 179 Å². The lowest BCUT2D eigenvalue weighted by atomic mass is 10.1. The third kappa shape index (κ3) is 4.71. The molecule has 1 aliphatic rings. The quantitative estimate of drug-likeness (QED) is 0.476. The SMILES string of the molecule is CCCCN(C)C(=O)c1cc(C(=O)N2Cc3ccc(OC(=O)O)cc3C2)c(O)cc1O. The molecule has 0 spiro atoms. The maximum absolute atomic E-state index is 13.1. The summed E-state index contributed by atoms with van der Waals surface area (Å²) in [6.45, 7) is 2.94. The summed E-state index contributed by atoms with van der Waals surface area (Å²) in [5.41, 5.74) is 1.38. The summed E-state index contributed by atoms with van der Waals surface area (Å²) >= 11 is 0. The summed E-state index contributed by atoms with van der Waals surface area (Å²) in [6, 6.07) is 6.93. The summed E-state index contributed by atoms with van der Waals surface area (Å²) in [6.07, 6.45) is 0.269. The third-order valence-electron chi connectivity index (χ3n) is 5.16. The molecule has 164 valence electrons. The summed E-state index contributed by atoms with van der Waals surface area (Å²) in [4.78, 5) is 39.4. The van der Waals surface area contributed by atoms with Crippen molar-refractivity contribution in [2.45, 2.75) is 32.9 Å². The molecule has 0 radical (unpaired) electrons. The monoisotopic (exact) mass is 428 g/mol. The highest BCUT2D eigenvalue weighted by Gasteiger charge is 2.28. The number of rotatable bonds is 6. The zero-order valence-corrected chi connectivity index (χ0v) is 17.3. The molecule has 1 aliphatic heterocycles. The molecule has 9 heteroatoms. The first-order valence-corrected chi connectivity index (χ1v) is 9.84. The van der Waals surface area contributed by atoms with Gasteiger partial charge in [0.1, 0.15) is 17.2 Å². The van der Waals surface area contributed by atoms with Crippen molar-refractivity contribution in [3.05, 3.63) is 52.6 Å². The van der Waals surface area contributed by atoms with Gasteiger partial charge in [-0.2, -0.15) is 0 Å². The van der Waals surface area contributed by atoms with Crippen LogP contribution in [0.5, 0.6) is 17.2 Å². The van der Waals surface area contributed by atoms with Crippen LogP contribution < -0.4 is 4.74 Å². The highest BCUT2D eigenvalue weighted by atomic mass is 16.7. The fourth-order valence-corrected chi connectivity index (χ4v) is 3.47. The number of phenolic OH excluding ortho intramolecular Hbond substituents is 2. The Morgan fingerprint density at radius 2 is 1.71 bits per heavy atom. The number of phenols is 2. The summed E-state index contributed by atoms with van der Waals surface area (Å²) in [7, 11) is 1.61. The summed E-state index contributed by atoms with van der Waals surface area (Å²) in [5, 5.41) is 29.2. The van der Waals surface area contributed by atoms with Crippen molar-refractivity contribution < 1.29 is 34.4 Å². The maximum atomic E-state index is 13.1.